The standard InChI is InChI=1S/C18H28N2/c1-3-11-16(12-4-1)19-18(15-9-7-8-10-15)20-17-13-5-2-6-14-17/h7-10,15-17H,1-6,11-14H2,(H,19,20). The van der Waals surface area contributed by atoms with Crippen LogP contribution < -0.4 is 5.32 Å². The van der Waals surface area contributed by atoms with Gasteiger partial charge in [-0.1, -0.05) is 62.8 Å². The minimum absolute atomic E-state index is 0.402. The van der Waals surface area contributed by atoms with Crippen LogP contribution in [-0.2, 0) is 0 Å². The first-order valence-corrected chi connectivity index (χ1v) is 8.61. The maximum Gasteiger partial charge on any atom is 0.108 e. The predicted octanol–water partition coefficient (Wildman–Crippen LogP) is 4.38. The molecule has 3 aliphatic rings. The fraction of sp³-hybridized carbons (Fsp3) is 0.722. The number of hydrogen-bond acceptors (Lipinski definition) is 1. The highest BCUT2D eigenvalue weighted by Crippen LogP contribution is 2.23. The van der Waals surface area contributed by atoms with E-state index in [-0.39, 0.29) is 0 Å². The zero-order valence-electron chi connectivity index (χ0n) is 12.6. The molecule has 0 aromatic heterocycles. The van der Waals surface area contributed by atoms with E-state index in [1.165, 1.54) is 70.0 Å². The van der Waals surface area contributed by atoms with E-state index in [4.69, 9.17) is 4.99 Å². The Kier molecular flexibility index (Phi) is 4.94. The maximum atomic E-state index is 5.11. The van der Waals surface area contributed by atoms with Crippen molar-refractivity contribution in [1.29, 1.82) is 0 Å². The molecule has 0 aliphatic heterocycles. The van der Waals surface area contributed by atoms with Crippen molar-refractivity contribution >= 4 is 5.84 Å². The molecule has 2 saturated carbocycles. The summed E-state index contributed by atoms with van der Waals surface area (Å²) in [4.78, 5) is 5.11. The summed E-state index contributed by atoms with van der Waals surface area (Å²) >= 11 is 0. The molecule has 3 aliphatic carbocycles. The lowest BCUT2D eigenvalue weighted by Gasteiger charge is -2.28. The molecule has 110 valence electrons. The van der Waals surface area contributed by atoms with E-state index < -0.39 is 0 Å². The summed E-state index contributed by atoms with van der Waals surface area (Å²) in [6, 6.07) is 1.23. The molecule has 0 radical (unpaired) electrons. The van der Waals surface area contributed by atoms with E-state index >= 15 is 0 Å². The summed E-state index contributed by atoms with van der Waals surface area (Å²) in [5, 5.41) is 3.79. The third kappa shape index (κ3) is 3.74. The lowest BCUT2D eigenvalue weighted by Crippen LogP contribution is -2.40. The minimum Gasteiger partial charge on any atom is -0.370 e. The van der Waals surface area contributed by atoms with Crippen molar-refractivity contribution in [2.45, 2.75) is 76.3 Å². The molecule has 0 atom stereocenters. The van der Waals surface area contributed by atoms with Gasteiger partial charge in [-0.25, -0.2) is 0 Å². The number of nitrogens with one attached hydrogen (secondary N) is 1. The van der Waals surface area contributed by atoms with Crippen LogP contribution in [0.15, 0.2) is 29.3 Å². The first-order valence-electron chi connectivity index (χ1n) is 8.61. The Labute approximate surface area is 123 Å². The molecule has 2 heteroatoms. The summed E-state index contributed by atoms with van der Waals surface area (Å²) in [6.07, 6.45) is 22.4. The molecule has 0 unspecified atom stereocenters. The molecular formula is C18H28N2. The van der Waals surface area contributed by atoms with Gasteiger partial charge in [-0.2, -0.15) is 0 Å². The van der Waals surface area contributed by atoms with E-state index in [0.29, 0.717) is 18.0 Å². The predicted molar refractivity (Wildman–Crippen MR) is 86.1 cm³/mol. The number of allylic oxidation sites excluding steroid dienone is 2. The van der Waals surface area contributed by atoms with Gasteiger partial charge in [-0.3, -0.25) is 4.99 Å². The highest BCUT2D eigenvalue weighted by Gasteiger charge is 2.21. The zero-order chi connectivity index (χ0) is 13.6. The molecule has 0 saturated heterocycles. The molecule has 0 bridgehead atoms. The lowest BCUT2D eigenvalue weighted by molar-refractivity contribution is 0.405. The van der Waals surface area contributed by atoms with Crippen LogP contribution in [-0.4, -0.2) is 17.9 Å². The molecule has 0 aromatic carbocycles. The van der Waals surface area contributed by atoms with Gasteiger partial charge in [0.1, 0.15) is 5.84 Å². The van der Waals surface area contributed by atoms with Crippen LogP contribution >= 0.6 is 0 Å². The van der Waals surface area contributed by atoms with E-state index in [0.717, 1.165) is 0 Å². The van der Waals surface area contributed by atoms with Gasteiger partial charge in [0.15, 0.2) is 0 Å². The van der Waals surface area contributed by atoms with Crippen LogP contribution in [0.25, 0.3) is 0 Å². The first-order chi connectivity index (χ1) is 9.92. The molecule has 20 heavy (non-hydrogen) atoms. The Hall–Kier alpha value is -1.05. The minimum atomic E-state index is 0.402. The third-order valence-corrected chi connectivity index (χ3v) is 4.92. The zero-order valence-corrected chi connectivity index (χ0v) is 12.6. The summed E-state index contributed by atoms with van der Waals surface area (Å²) in [6.45, 7) is 0. The molecule has 0 amide bonds. The van der Waals surface area contributed by atoms with Crippen molar-refractivity contribution in [2.75, 3.05) is 0 Å². The van der Waals surface area contributed by atoms with Gasteiger partial charge in [-0.15, -0.1) is 0 Å². The van der Waals surface area contributed by atoms with Crippen molar-refractivity contribution < 1.29 is 0 Å². The second kappa shape index (κ2) is 7.10. The number of rotatable bonds is 3. The van der Waals surface area contributed by atoms with Crippen molar-refractivity contribution in [2.24, 2.45) is 10.9 Å². The van der Waals surface area contributed by atoms with Crippen LogP contribution in [0.5, 0.6) is 0 Å². The lowest BCUT2D eigenvalue weighted by atomic mass is 9.94. The second-order valence-electron chi connectivity index (χ2n) is 6.58. The normalized spacial score (nSPS) is 26.3. The fourth-order valence-corrected chi connectivity index (χ4v) is 3.70. The maximum absolute atomic E-state index is 5.11. The van der Waals surface area contributed by atoms with Crippen molar-refractivity contribution in [3.63, 3.8) is 0 Å². The Balaban J connectivity index is 1.67. The van der Waals surface area contributed by atoms with Crippen LogP contribution in [0.1, 0.15) is 64.2 Å². The second-order valence-corrected chi connectivity index (χ2v) is 6.58. The fourth-order valence-electron chi connectivity index (χ4n) is 3.70. The smallest absolute Gasteiger partial charge is 0.108 e. The van der Waals surface area contributed by atoms with Gasteiger partial charge in [0.25, 0.3) is 0 Å². The SMILES string of the molecule is C1=CC(C(=NC2CCCCC2)NC2CCCCC2)C=C1. The van der Waals surface area contributed by atoms with E-state index in [1.54, 1.807) is 0 Å². The molecule has 0 spiro atoms. The molecule has 2 fully saturated rings. The van der Waals surface area contributed by atoms with E-state index in [1.807, 2.05) is 0 Å². The Morgan fingerprint density at radius 2 is 1.40 bits per heavy atom. The van der Waals surface area contributed by atoms with Gasteiger partial charge in [0, 0.05) is 6.04 Å². The summed E-state index contributed by atoms with van der Waals surface area (Å²) in [7, 11) is 0. The monoisotopic (exact) mass is 272 g/mol. The largest absolute Gasteiger partial charge is 0.370 e. The van der Waals surface area contributed by atoms with Gasteiger partial charge in [0.2, 0.25) is 0 Å². The number of nitrogens with zero attached hydrogens (tertiary/aromatic N) is 1. The van der Waals surface area contributed by atoms with Crippen LogP contribution in [0.4, 0.5) is 0 Å². The van der Waals surface area contributed by atoms with Crippen molar-refractivity contribution in [3.8, 4) is 0 Å². The molecule has 2 nitrogen and oxygen atoms in total. The average Bonchev–Trinajstić information content (AvgIpc) is 3.03. The first kappa shape index (κ1) is 13.9. The Bertz CT molecular complexity index is 370. The van der Waals surface area contributed by atoms with Gasteiger partial charge < -0.3 is 5.32 Å². The summed E-state index contributed by atoms with van der Waals surface area (Å²) in [5.41, 5.74) is 0. The number of amidine groups is 1. The molecule has 1 N–H and O–H groups in total. The van der Waals surface area contributed by atoms with Gasteiger partial charge >= 0.3 is 0 Å². The van der Waals surface area contributed by atoms with E-state index in [2.05, 4.69) is 29.6 Å². The molecule has 0 heterocycles. The molecular weight excluding hydrogens is 244 g/mol. The summed E-state index contributed by atoms with van der Waals surface area (Å²) in [5.74, 6) is 1.65. The Morgan fingerprint density at radius 1 is 0.800 bits per heavy atom. The van der Waals surface area contributed by atoms with Gasteiger partial charge in [0.05, 0.1) is 12.0 Å². The number of hydrogen-bond donors (Lipinski definition) is 1. The highest BCUT2D eigenvalue weighted by molar-refractivity contribution is 5.88. The quantitative estimate of drug-likeness (QED) is 0.598. The molecule has 0 aromatic rings. The van der Waals surface area contributed by atoms with Crippen LogP contribution in [0.2, 0.25) is 0 Å². The summed E-state index contributed by atoms with van der Waals surface area (Å²) < 4.78 is 0. The topological polar surface area (TPSA) is 24.4 Å². The average molecular weight is 272 g/mol. The number of aliphatic imine (C=N–C) groups is 1. The third-order valence-electron chi connectivity index (χ3n) is 4.92. The van der Waals surface area contributed by atoms with Crippen LogP contribution in [0.3, 0.4) is 0 Å². The van der Waals surface area contributed by atoms with E-state index in [9.17, 15) is 0 Å². The Morgan fingerprint density at radius 3 is 2.05 bits per heavy atom. The van der Waals surface area contributed by atoms with Crippen LogP contribution in [0, 0.1) is 5.92 Å². The van der Waals surface area contributed by atoms with Crippen molar-refractivity contribution in [1.82, 2.24) is 5.32 Å². The molecule has 3 rings (SSSR count). The highest BCUT2D eigenvalue weighted by atomic mass is 15.0. The van der Waals surface area contributed by atoms with Crippen molar-refractivity contribution in [3.05, 3.63) is 24.3 Å². The van der Waals surface area contributed by atoms with Gasteiger partial charge in [-0.05, 0) is 25.7 Å².